The molecule has 2 aromatic carbocycles. The van der Waals surface area contributed by atoms with Gasteiger partial charge in [-0.15, -0.1) is 0 Å². The maximum atomic E-state index is 12.8. The van der Waals surface area contributed by atoms with Crippen molar-refractivity contribution in [3.63, 3.8) is 0 Å². The van der Waals surface area contributed by atoms with Crippen molar-refractivity contribution >= 4 is 39.3 Å². The lowest BCUT2D eigenvalue weighted by Gasteiger charge is -2.06. The molecule has 2 aromatic heterocycles. The number of hydrogen-bond donors (Lipinski definition) is 2. The Hall–Kier alpha value is -3.16. The van der Waals surface area contributed by atoms with Crippen molar-refractivity contribution in [3.05, 3.63) is 69.6 Å². The number of aromatic nitrogens is 3. The summed E-state index contributed by atoms with van der Waals surface area (Å²) < 4.78 is 6.38. The van der Waals surface area contributed by atoms with Crippen LogP contribution in [0.4, 0.5) is 0 Å². The largest absolute Gasteiger partial charge is 0.383 e. The van der Waals surface area contributed by atoms with Gasteiger partial charge in [0, 0.05) is 35.8 Å². The number of hydrogen-bond acceptors (Lipinski definition) is 4. The minimum Gasteiger partial charge on any atom is -0.383 e. The summed E-state index contributed by atoms with van der Waals surface area (Å²) in [5, 5.41) is 7.64. The van der Waals surface area contributed by atoms with Crippen LogP contribution < -0.4 is 10.9 Å². The van der Waals surface area contributed by atoms with Crippen molar-refractivity contribution in [2.24, 2.45) is 0 Å². The number of benzene rings is 2. The van der Waals surface area contributed by atoms with Crippen LogP contribution in [-0.2, 0) is 4.74 Å². The van der Waals surface area contributed by atoms with E-state index in [0.717, 1.165) is 0 Å². The highest BCUT2D eigenvalue weighted by molar-refractivity contribution is 6.30. The number of carbonyl (C=O) groups is 1. The molecule has 0 spiro atoms. The van der Waals surface area contributed by atoms with E-state index in [0.29, 0.717) is 51.2 Å². The maximum absolute atomic E-state index is 12.8. The summed E-state index contributed by atoms with van der Waals surface area (Å²) in [6.07, 6.45) is 1.54. The fraction of sp³-hybridized carbons (Fsp3) is 0.150. The molecule has 0 saturated heterocycles. The second kappa shape index (κ2) is 7.46. The number of H-pyrrole nitrogens is 1. The molecule has 28 heavy (non-hydrogen) atoms. The third-order valence-electron chi connectivity index (χ3n) is 4.46. The van der Waals surface area contributed by atoms with Crippen LogP contribution in [0.15, 0.2) is 53.5 Å². The van der Waals surface area contributed by atoms with Crippen molar-refractivity contribution in [2.75, 3.05) is 20.3 Å². The van der Waals surface area contributed by atoms with Gasteiger partial charge in [-0.05, 0) is 42.5 Å². The molecule has 142 valence electrons. The quantitative estimate of drug-likeness (QED) is 0.508. The van der Waals surface area contributed by atoms with Crippen LogP contribution >= 0.6 is 11.6 Å². The standard InChI is InChI=1S/C20H17ClN4O3/c1-28-9-8-22-19(26)12-2-7-17-15(10-12)18-16(11-23-17)20(27)25(24-18)14-5-3-13(21)4-6-14/h2-7,10-11,24H,8-9H2,1H3,(H,22,26). The van der Waals surface area contributed by atoms with Crippen LogP contribution in [0.2, 0.25) is 5.02 Å². The number of methoxy groups -OCH3 is 1. The Morgan fingerprint density at radius 2 is 2.00 bits per heavy atom. The average molecular weight is 397 g/mol. The normalized spacial score (nSPS) is 11.2. The fourth-order valence-corrected chi connectivity index (χ4v) is 3.17. The Kier molecular flexibility index (Phi) is 4.85. The second-order valence-electron chi connectivity index (χ2n) is 6.26. The number of amides is 1. The van der Waals surface area contributed by atoms with E-state index < -0.39 is 0 Å². The number of nitrogens with one attached hydrogen (secondary N) is 2. The molecule has 8 heteroatoms. The molecule has 0 unspecified atom stereocenters. The Morgan fingerprint density at radius 3 is 2.75 bits per heavy atom. The Morgan fingerprint density at radius 1 is 1.21 bits per heavy atom. The smallest absolute Gasteiger partial charge is 0.280 e. The lowest BCUT2D eigenvalue weighted by atomic mass is 10.1. The molecule has 0 aliphatic heterocycles. The molecule has 0 bridgehead atoms. The summed E-state index contributed by atoms with van der Waals surface area (Å²) in [4.78, 5) is 29.5. The monoisotopic (exact) mass is 396 g/mol. The Bertz CT molecular complexity index is 1230. The van der Waals surface area contributed by atoms with Crippen LogP contribution in [0, 0.1) is 0 Å². The first-order chi connectivity index (χ1) is 13.6. The third kappa shape index (κ3) is 3.26. The van der Waals surface area contributed by atoms with Crippen LogP contribution in [0.3, 0.4) is 0 Å². The molecule has 4 aromatic rings. The van der Waals surface area contributed by atoms with Gasteiger partial charge in [0.05, 0.1) is 28.7 Å². The highest BCUT2D eigenvalue weighted by atomic mass is 35.5. The lowest BCUT2D eigenvalue weighted by molar-refractivity contribution is 0.0937. The summed E-state index contributed by atoms with van der Waals surface area (Å²) in [6.45, 7) is 0.849. The Labute approximate surface area is 164 Å². The Balaban J connectivity index is 1.83. The van der Waals surface area contributed by atoms with Gasteiger partial charge in [-0.3, -0.25) is 19.7 Å². The molecule has 2 N–H and O–H groups in total. The number of fused-ring (bicyclic) bond motifs is 3. The summed E-state index contributed by atoms with van der Waals surface area (Å²) in [7, 11) is 1.58. The zero-order chi connectivity index (χ0) is 19.7. The van der Waals surface area contributed by atoms with Gasteiger partial charge in [-0.1, -0.05) is 11.6 Å². The van der Waals surface area contributed by atoms with E-state index in [-0.39, 0.29) is 11.5 Å². The van der Waals surface area contributed by atoms with Gasteiger partial charge in [0.1, 0.15) is 0 Å². The number of ether oxygens (including phenoxy) is 1. The second-order valence-corrected chi connectivity index (χ2v) is 6.69. The van der Waals surface area contributed by atoms with Crippen LogP contribution in [-0.4, -0.2) is 40.9 Å². The predicted molar refractivity (Wildman–Crippen MR) is 108 cm³/mol. The van der Waals surface area contributed by atoms with E-state index in [9.17, 15) is 9.59 Å². The van der Waals surface area contributed by atoms with Gasteiger partial charge in [0.2, 0.25) is 0 Å². The zero-order valence-electron chi connectivity index (χ0n) is 15.0. The first kappa shape index (κ1) is 18.2. The van der Waals surface area contributed by atoms with Gasteiger partial charge < -0.3 is 10.1 Å². The number of rotatable bonds is 5. The van der Waals surface area contributed by atoms with E-state index in [1.165, 1.54) is 4.68 Å². The predicted octanol–water partition coefficient (Wildman–Crippen LogP) is 2.90. The van der Waals surface area contributed by atoms with E-state index in [1.807, 2.05) is 0 Å². The number of halogens is 1. The van der Waals surface area contributed by atoms with Gasteiger partial charge in [-0.2, -0.15) is 0 Å². The number of carbonyl (C=O) groups excluding carboxylic acids is 1. The number of aromatic amines is 1. The molecule has 7 nitrogen and oxygen atoms in total. The summed E-state index contributed by atoms with van der Waals surface area (Å²) in [5.74, 6) is -0.213. The van der Waals surface area contributed by atoms with Crippen LogP contribution in [0.25, 0.3) is 27.5 Å². The number of nitrogens with zero attached hydrogens (tertiary/aromatic N) is 2. The minimum absolute atomic E-state index is 0.213. The molecule has 2 heterocycles. The molecule has 0 saturated carbocycles. The summed E-state index contributed by atoms with van der Waals surface area (Å²) >= 11 is 5.93. The van der Waals surface area contributed by atoms with Gasteiger partial charge in [0.15, 0.2) is 0 Å². The van der Waals surface area contributed by atoms with E-state index in [2.05, 4.69) is 15.4 Å². The molecular weight excluding hydrogens is 380 g/mol. The van der Waals surface area contributed by atoms with Crippen molar-refractivity contribution in [1.29, 1.82) is 0 Å². The molecular formula is C20H17ClN4O3. The highest BCUT2D eigenvalue weighted by Gasteiger charge is 2.14. The summed E-state index contributed by atoms with van der Waals surface area (Å²) in [6, 6.07) is 12.1. The first-order valence-electron chi connectivity index (χ1n) is 8.65. The van der Waals surface area contributed by atoms with E-state index in [1.54, 1.807) is 55.8 Å². The minimum atomic E-state index is -0.221. The van der Waals surface area contributed by atoms with Crippen molar-refractivity contribution < 1.29 is 9.53 Å². The maximum Gasteiger partial charge on any atom is 0.280 e. The van der Waals surface area contributed by atoms with Crippen molar-refractivity contribution in [2.45, 2.75) is 0 Å². The molecule has 0 aliphatic rings. The molecule has 0 fully saturated rings. The molecule has 0 radical (unpaired) electrons. The topological polar surface area (TPSA) is 89.0 Å². The van der Waals surface area contributed by atoms with Crippen molar-refractivity contribution in [1.82, 2.24) is 20.1 Å². The van der Waals surface area contributed by atoms with Gasteiger partial charge in [-0.25, -0.2) is 4.68 Å². The van der Waals surface area contributed by atoms with Crippen molar-refractivity contribution in [3.8, 4) is 5.69 Å². The molecule has 4 rings (SSSR count). The zero-order valence-corrected chi connectivity index (χ0v) is 15.8. The third-order valence-corrected chi connectivity index (χ3v) is 4.72. The molecule has 0 aliphatic carbocycles. The van der Waals surface area contributed by atoms with Crippen LogP contribution in [0.1, 0.15) is 10.4 Å². The molecule has 1 amide bonds. The fourth-order valence-electron chi connectivity index (χ4n) is 3.04. The van der Waals surface area contributed by atoms with Gasteiger partial charge >= 0.3 is 0 Å². The molecule has 0 atom stereocenters. The van der Waals surface area contributed by atoms with Gasteiger partial charge in [0.25, 0.3) is 11.5 Å². The number of pyridine rings is 1. The van der Waals surface area contributed by atoms with E-state index in [4.69, 9.17) is 16.3 Å². The first-order valence-corrected chi connectivity index (χ1v) is 9.03. The SMILES string of the molecule is COCCNC(=O)c1ccc2ncc3c(=O)n(-c4ccc(Cl)cc4)[nH]c3c2c1. The van der Waals surface area contributed by atoms with E-state index >= 15 is 0 Å². The summed E-state index contributed by atoms with van der Waals surface area (Å²) in [5.41, 5.74) is 2.23. The van der Waals surface area contributed by atoms with Crippen LogP contribution in [0.5, 0.6) is 0 Å². The highest BCUT2D eigenvalue weighted by Crippen LogP contribution is 2.22. The average Bonchev–Trinajstić information content (AvgIpc) is 3.05. The lowest BCUT2D eigenvalue weighted by Crippen LogP contribution is -2.26.